The van der Waals surface area contributed by atoms with Gasteiger partial charge in [-0.1, -0.05) is 29.8 Å². The van der Waals surface area contributed by atoms with Crippen molar-refractivity contribution in [2.45, 2.75) is 19.8 Å². The van der Waals surface area contributed by atoms with Crippen LogP contribution in [0.1, 0.15) is 25.3 Å². The van der Waals surface area contributed by atoms with Gasteiger partial charge in [0.2, 0.25) is 5.91 Å². The van der Waals surface area contributed by atoms with Gasteiger partial charge in [0.25, 0.3) is 0 Å². The molecule has 1 aliphatic rings. The van der Waals surface area contributed by atoms with Gasteiger partial charge in [0, 0.05) is 24.2 Å². The topological polar surface area (TPSA) is 57.6 Å². The molecule has 0 bridgehead atoms. The van der Waals surface area contributed by atoms with E-state index in [9.17, 15) is 9.59 Å². The van der Waals surface area contributed by atoms with Crippen molar-refractivity contribution in [2.75, 3.05) is 13.1 Å². The van der Waals surface area contributed by atoms with Gasteiger partial charge in [-0.2, -0.15) is 0 Å². The average molecular weight is 308 g/mol. The maximum atomic E-state index is 12.2. The third-order valence-electron chi connectivity index (χ3n) is 3.79. The quantitative estimate of drug-likeness (QED) is 0.873. The van der Waals surface area contributed by atoms with Crippen LogP contribution in [-0.4, -0.2) is 35.0 Å². The van der Waals surface area contributed by atoms with Crippen molar-refractivity contribution in [2.24, 2.45) is 5.92 Å². The molecule has 21 heavy (non-hydrogen) atoms. The van der Waals surface area contributed by atoms with Gasteiger partial charge in [-0.05, 0) is 37.0 Å². The SMILES string of the molecule is C/C(=C/C(=O)N1CCC(C(=O)O)CC1)c1ccccc1Cl. The summed E-state index contributed by atoms with van der Waals surface area (Å²) in [5.74, 6) is -1.19. The molecular weight excluding hydrogens is 290 g/mol. The fourth-order valence-electron chi connectivity index (χ4n) is 2.48. The molecule has 1 amide bonds. The average Bonchev–Trinajstić information content (AvgIpc) is 2.47. The summed E-state index contributed by atoms with van der Waals surface area (Å²) in [6, 6.07) is 7.38. The van der Waals surface area contributed by atoms with Crippen LogP contribution < -0.4 is 0 Å². The van der Waals surface area contributed by atoms with Crippen molar-refractivity contribution >= 4 is 29.1 Å². The number of rotatable bonds is 3. The standard InChI is InChI=1S/C16H18ClNO3/c1-11(13-4-2-3-5-14(13)17)10-15(19)18-8-6-12(7-9-18)16(20)21/h2-5,10,12H,6-9H2,1H3,(H,20,21)/b11-10-. The summed E-state index contributed by atoms with van der Waals surface area (Å²) in [6.45, 7) is 2.83. The second kappa shape index (κ2) is 6.76. The highest BCUT2D eigenvalue weighted by atomic mass is 35.5. The number of aliphatic carboxylic acids is 1. The number of allylic oxidation sites excluding steroid dienone is 1. The van der Waals surface area contributed by atoms with E-state index in [2.05, 4.69) is 0 Å². The van der Waals surface area contributed by atoms with Crippen molar-refractivity contribution < 1.29 is 14.7 Å². The molecule has 5 heteroatoms. The highest BCUT2D eigenvalue weighted by molar-refractivity contribution is 6.32. The van der Waals surface area contributed by atoms with Crippen LogP contribution in [0.4, 0.5) is 0 Å². The molecule has 0 aromatic heterocycles. The summed E-state index contributed by atoms with van der Waals surface area (Å²) >= 11 is 6.11. The number of amides is 1. The number of carbonyl (C=O) groups is 2. The Hall–Kier alpha value is -1.81. The first-order chi connectivity index (χ1) is 9.99. The molecule has 0 unspecified atom stereocenters. The number of nitrogens with zero attached hydrogens (tertiary/aromatic N) is 1. The highest BCUT2D eigenvalue weighted by Crippen LogP contribution is 2.24. The van der Waals surface area contributed by atoms with Crippen molar-refractivity contribution in [3.05, 3.63) is 40.9 Å². The molecule has 112 valence electrons. The molecule has 1 N–H and O–H groups in total. The predicted octanol–water partition coefficient (Wildman–Crippen LogP) is 3.07. The van der Waals surface area contributed by atoms with Gasteiger partial charge in [-0.3, -0.25) is 9.59 Å². The first-order valence-corrected chi connectivity index (χ1v) is 7.31. The largest absolute Gasteiger partial charge is 0.481 e. The number of carboxylic acid groups (broad SMARTS) is 1. The summed E-state index contributed by atoms with van der Waals surface area (Å²) in [5.41, 5.74) is 1.65. The minimum absolute atomic E-state index is 0.0868. The Kier molecular flexibility index (Phi) is 5.02. The van der Waals surface area contributed by atoms with Crippen LogP contribution in [-0.2, 0) is 9.59 Å². The zero-order valence-corrected chi connectivity index (χ0v) is 12.6. The Labute approximate surface area is 129 Å². The molecule has 1 aromatic rings. The Morgan fingerprint density at radius 3 is 2.48 bits per heavy atom. The number of hydrogen-bond donors (Lipinski definition) is 1. The smallest absolute Gasteiger partial charge is 0.306 e. The lowest BCUT2D eigenvalue weighted by molar-refractivity contribution is -0.144. The molecule has 0 radical (unpaired) electrons. The van der Waals surface area contributed by atoms with E-state index < -0.39 is 5.97 Å². The maximum absolute atomic E-state index is 12.2. The second-order valence-corrected chi connectivity index (χ2v) is 5.65. The third kappa shape index (κ3) is 3.85. The van der Waals surface area contributed by atoms with Gasteiger partial charge < -0.3 is 10.0 Å². The lowest BCUT2D eigenvalue weighted by Gasteiger charge is -2.29. The number of carboxylic acids is 1. The van der Waals surface area contributed by atoms with Crippen LogP contribution in [0.15, 0.2) is 30.3 Å². The van der Waals surface area contributed by atoms with Gasteiger partial charge in [-0.25, -0.2) is 0 Å². The molecule has 2 rings (SSSR count). The van der Waals surface area contributed by atoms with Crippen LogP contribution in [0.3, 0.4) is 0 Å². The Balaban J connectivity index is 2.03. The molecule has 1 aliphatic heterocycles. The molecule has 4 nitrogen and oxygen atoms in total. The van der Waals surface area contributed by atoms with Crippen molar-refractivity contribution in [3.63, 3.8) is 0 Å². The lowest BCUT2D eigenvalue weighted by Crippen LogP contribution is -2.39. The van der Waals surface area contributed by atoms with E-state index in [0.717, 1.165) is 11.1 Å². The highest BCUT2D eigenvalue weighted by Gasteiger charge is 2.26. The third-order valence-corrected chi connectivity index (χ3v) is 4.12. The van der Waals surface area contributed by atoms with Crippen LogP contribution in [0, 0.1) is 5.92 Å². The molecule has 0 atom stereocenters. The molecule has 1 fully saturated rings. The van der Waals surface area contributed by atoms with E-state index in [1.165, 1.54) is 0 Å². The monoisotopic (exact) mass is 307 g/mol. The number of piperidine rings is 1. The summed E-state index contributed by atoms with van der Waals surface area (Å²) in [7, 11) is 0. The van der Waals surface area contributed by atoms with Crippen LogP contribution in [0.2, 0.25) is 5.02 Å². The van der Waals surface area contributed by atoms with E-state index in [4.69, 9.17) is 16.7 Å². The predicted molar refractivity (Wildman–Crippen MR) is 82.0 cm³/mol. The fraction of sp³-hybridized carbons (Fsp3) is 0.375. The summed E-state index contributed by atoms with van der Waals surface area (Å²) in [4.78, 5) is 24.8. The summed E-state index contributed by atoms with van der Waals surface area (Å²) in [5, 5.41) is 9.57. The van der Waals surface area contributed by atoms with Crippen molar-refractivity contribution in [1.82, 2.24) is 4.90 Å². The van der Waals surface area contributed by atoms with Gasteiger partial charge in [0.1, 0.15) is 0 Å². The fourth-order valence-corrected chi connectivity index (χ4v) is 2.77. The normalized spacial score (nSPS) is 16.9. The molecule has 0 aliphatic carbocycles. The van der Waals surface area contributed by atoms with E-state index in [1.807, 2.05) is 25.1 Å². The second-order valence-electron chi connectivity index (χ2n) is 5.24. The van der Waals surface area contributed by atoms with E-state index in [-0.39, 0.29) is 11.8 Å². The van der Waals surface area contributed by atoms with E-state index >= 15 is 0 Å². The molecule has 1 aromatic carbocycles. The molecule has 1 heterocycles. The van der Waals surface area contributed by atoms with Crippen LogP contribution in [0.25, 0.3) is 5.57 Å². The van der Waals surface area contributed by atoms with Gasteiger partial charge in [0.05, 0.1) is 5.92 Å². The number of benzene rings is 1. The number of likely N-dealkylation sites (tertiary alicyclic amines) is 1. The summed E-state index contributed by atoms with van der Waals surface area (Å²) < 4.78 is 0. The zero-order valence-electron chi connectivity index (χ0n) is 11.9. The molecule has 0 saturated carbocycles. The minimum Gasteiger partial charge on any atom is -0.481 e. The van der Waals surface area contributed by atoms with Crippen molar-refractivity contribution in [1.29, 1.82) is 0 Å². The first-order valence-electron chi connectivity index (χ1n) is 6.94. The van der Waals surface area contributed by atoms with Gasteiger partial charge >= 0.3 is 5.97 Å². The van der Waals surface area contributed by atoms with Gasteiger partial charge in [-0.15, -0.1) is 0 Å². The lowest BCUT2D eigenvalue weighted by atomic mass is 9.97. The Morgan fingerprint density at radius 1 is 1.29 bits per heavy atom. The number of hydrogen-bond acceptors (Lipinski definition) is 2. The Bertz CT molecular complexity index is 575. The number of carbonyl (C=O) groups excluding carboxylic acids is 1. The van der Waals surface area contributed by atoms with Crippen LogP contribution in [0.5, 0.6) is 0 Å². The maximum Gasteiger partial charge on any atom is 0.306 e. The molecule has 0 spiro atoms. The zero-order chi connectivity index (χ0) is 15.4. The van der Waals surface area contributed by atoms with Gasteiger partial charge in [0.15, 0.2) is 0 Å². The summed E-state index contributed by atoms with van der Waals surface area (Å²) in [6.07, 6.45) is 2.60. The molecular formula is C16H18ClNO3. The van der Waals surface area contributed by atoms with E-state index in [0.29, 0.717) is 31.0 Å². The molecule has 1 saturated heterocycles. The van der Waals surface area contributed by atoms with E-state index in [1.54, 1.807) is 17.0 Å². The number of halogens is 1. The minimum atomic E-state index is -0.773. The first kappa shape index (κ1) is 15.6. The van der Waals surface area contributed by atoms with Crippen LogP contribution >= 0.6 is 11.6 Å². The Morgan fingerprint density at radius 2 is 1.90 bits per heavy atom. The van der Waals surface area contributed by atoms with Crippen molar-refractivity contribution in [3.8, 4) is 0 Å².